The van der Waals surface area contributed by atoms with Crippen molar-refractivity contribution in [3.05, 3.63) is 28.3 Å². The zero-order valence-corrected chi connectivity index (χ0v) is 10.3. The quantitative estimate of drug-likeness (QED) is 0.750. The van der Waals surface area contributed by atoms with Crippen LogP contribution in [0, 0.1) is 12.8 Å². The van der Waals surface area contributed by atoms with Crippen molar-refractivity contribution in [2.24, 2.45) is 5.92 Å². The Kier molecular flexibility index (Phi) is 2.24. The molecular formula is C15H21N. The van der Waals surface area contributed by atoms with E-state index in [1.165, 1.54) is 54.4 Å². The van der Waals surface area contributed by atoms with Gasteiger partial charge in [0, 0.05) is 5.69 Å². The molecule has 1 fully saturated rings. The van der Waals surface area contributed by atoms with Crippen molar-refractivity contribution in [2.75, 3.05) is 5.73 Å². The van der Waals surface area contributed by atoms with E-state index >= 15 is 0 Å². The Morgan fingerprint density at radius 1 is 1.31 bits per heavy atom. The lowest BCUT2D eigenvalue weighted by Crippen LogP contribution is -2.07. The zero-order chi connectivity index (χ0) is 11.3. The van der Waals surface area contributed by atoms with E-state index in [0.29, 0.717) is 5.92 Å². The number of nitrogen functional groups attached to an aromatic ring is 1. The first-order valence-electron chi connectivity index (χ1n) is 6.59. The minimum Gasteiger partial charge on any atom is -0.398 e. The molecule has 0 heterocycles. The predicted molar refractivity (Wildman–Crippen MR) is 68.8 cm³/mol. The van der Waals surface area contributed by atoms with Gasteiger partial charge in [0.25, 0.3) is 0 Å². The second kappa shape index (κ2) is 3.51. The van der Waals surface area contributed by atoms with Gasteiger partial charge in [-0.15, -0.1) is 0 Å². The SMILES string of the molecule is Cc1cc2c(c(N)c1[C@@H](C)C1CC1)CCC2. The van der Waals surface area contributed by atoms with Crippen LogP contribution >= 0.6 is 0 Å². The molecule has 1 atom stereocenters. The van der Waals surface area contributed by atoms with E-state index in [-0.39, 0.29) is 0 Å². The van der Waals surface area contributed by atoms with Gasteiger partial charge < -0.3 is 5.73 Å². The summed E-state index contributed by atoms with van der Waals surface area (Å²) < 4.78 is 0. The predicted octanol–water partition coefficient (Wildman–Crippen LogP) is 3.58. The van der Waals surface area contributed by atoms with Crippen LogP contribution in [0.5, 0.6) is 0 Å². The van der Waals surface area contributed by atoms with Crippen molar-refractivity contribution >= 4 is 5.69 Å². The number of benzene rings is 1. The highest BCUT2D eigenvalue weighted by molar-refractivity contribution is 5.63. The van der Waals surface area contributed by atoms with Gasteiger partial charge in [-0.3, -0.25) is 0 Å². The highest BCUT2D eigenvalue weighted by Gasteiger charge is 2.32. The summed E-state index contributed by atoms with van der Waals surface area (Å²) in [6.45, 7) is 4.60. The first kappa shape index (κ1) is 10.2. The molecule has 0 saturated heterocycles. The fourth-order valence-electron chi connectivity index (χ4n) is 3.38. The molecule has 0 spiro atoms. The van der Waals surface area contributed by atoms with E-state index in [0.717, 1.165) is 11.6 Å². The van der Waals surface area contributed by atoms with Crippen molar-refractivity contribution in [3.63, 3.8) is 0 Å². The molecule has 0 unspecified atom stereocenters. The van der Waals surface area contributed by atoms with Crippen molar-refractivity contribution in [2.45, 2.75) is 51.9 Å². The summed E-state index contributed by atoms with van der Waals surface area (Å²) in [7, 11) is 0. The molecule has 86 valence electrons. The van der Waals surface area contributed by atoms with E-state index in [4.69, 9.17) is 5.73 Å². The molecule has 2 aliphatic rings. The van der Waals surface area contributed by atoms with E-state index in [2.05, 4.69) is 19.9 Å². The maximum Gasteiger partial charge on any atom is 0.0387 e. The maximum atomic E-state index is 6.40. The van der Waals surface area contributed by atoms with Gasteiger partial charge in [0.2, 0.25) is 0 Å². The molecule has 2 aliphatic carbocycles. The van der Waals surface area contributed by atoms with Gasteiger partial charge in [0.15, 0.2) is 0 Å². The lowest BCUT2D eigenvalue weighted by Gasteiger charge is -2.19. The molecule has 1 heteroatoms. The summed E-state index contributed by atoms with van der Waals surface area (Å²) in [5.74, 6) is 1.58. The lowest BCUT2D eigenvalue weighted by molar-refractivity contribution is 0.661. The van der Waals surface area contributed by atoms with E-state index in [1.54, 1.807) is 0 Å². The first-order valence-corrected chi connectivity index (χ1v) is 6.59. The van der Waals surface area contributed by atoms with E-state index < -0.39 is 0 Å². The van der Waals surface area contributed by atoms with Crippen LogP contribution in [0.1, 0.15) is 54.4 Å². The highest BCUT2D eigenvalue weighted by atomic mass is 14.6. The van der Waals surface area contributed by atoms with Crippen molar-refractivity contribution in [1.29, 1.82) is 0 Å². The highest BCUT2D eigenvalue weighted by Crippen LogP contribution is 2.46. The Balaban J connectivity index is 2.09. The molecule has 1 saturated carbocycles. The second-order valence-electron chi connectivity index (χ2n) is 5.64. The molecule has 1 aromatic carbocycles. The normalized spacial score (nSPS) is 20.9. The molecule has 16 heavy (non-hydrogen) atoms. The number of hydrogen-bond donors (Lipinski definition) is 1. The largest absolute Gasteiger partial charge is 0.398 e. The Labute approximate surface area is 98.0 Å². The first-order chi connectivity index (χ1) is 7.68. The maximum absolute atomic E-state index is 6.40. The van der Waals surface area contributed by atoms with Crippen molar-refractivity contribution < 1.29 is 0 Å². The number of hydrogen-bond acceptors (Lipinski definition) is 1. The van der Waals surface area contributed by atoms with Crippen LogP contribution < -0.4 is 5.73 Å². The van der Waals surface area contributed by atoms with Crippen LogP contribution in [0.2, 0.25) is 0 Å². The summed E-state index contributed by atoms with van der Waals surface area (Å²) in [4.78, 5) is 0. The Bertz CT molecular complexity index is 430. The van der Waals surface area contributed by atoms with Gasteiger partial charge in [-0.2, -0.15) is 0 Å². The number of aryl methyl sites for hydroxylation is 2. The summed E-state index contributed by atoms with van der Waals surface area (Å²) in [5, 5.41) is 0. The molecule has 0 radical (unpaired) electrons. The smallest absolute Gasteiger partial charge is 0.0387 e. The van der Waals surface area contributed by atoms with Crippen LogP contribution in [0.3, 0.4) is 0 Å². The van der Waals surface area contributed by atoms with Crippen molar-refractivity contribution in [3.8, 4) is 0 Å². The summed E-state index contributed by atoms with van der Waals surface area (Å²) in [6, 6.07) is 2.40. The van der Waals surface area contributed by atoms with Gasteiger partial charge in [-0.1, -0.05) is 13.0 Å². The third kappa shape index (κ3) is 1.45. The standard InChI is InChI=1S/C15H21N/c1-9-8-12-4-3-5-13(12)15(16)14(9)10(2)11-6-7-11/h8,10-11H,3-7,16H2,1-2H3/t10-/m0/s1. The Morgan fingerprint density at radius 2 is 2.06 bits per heavy atom. The van der Waals surface area contributed by atoms with Crippen LogP contribution in [-0.2, 0) is 12.8 Å². The summed E-state index contributed by atoms with van der Waals surface area (Å²) >= 11 is 0. The van der Waals surface area contributed by atoms with Crippen molar-refractivity contribution in [1.82, 2.24) is 0 Å². The molecular weight excluding hydrogens is 194 g/mol. The molecule has 1 nitrogen and oxygen atoms in total. The summed E-state index contributed by atoms with van der Waals surface area (Å²) in [6.07, 6.45) is 6.53. The number of anilines is 1. The van der Waals surface area contributed by atoms with Gasteiger partial charge in [-0.05, 0) is 73.1 Å². The number of fused-ring (bicyclic) bond motifs is 1. The van der Waals surface area contributed by atoms with Crippen LogP contribution in [0.15, 0.2) is 6.07 Å². The third-order valence-electron chi connectivity index (χ3n) is 4.48. The third-order valence-corrected chi connectivity index (χ3v) is 4.48. The molecule has 3 rings (SSSR count). The molecule has 0 aromatic heterocycles. The minimum atomic E-state index is 0.672. The zero-order valence-electron chi connectivity index (χ0n) is 10.3. The Hall–Kier alpha value is -0.980. The van der Waals surface area contributed by atoms with Crippen LogP contribution in [-0.4, -0.2) is 0 Å². The van der Waals surface area contributed by atoms with E-state index in [9.17, 15) is 0 Å². The van der Waals surface area contributed by atoms with Crippen LogP contribution in [0.4, 0.5) is 5.69 Å². The van der Waals surface area contributed by atoms with Gasteiger partial charge in [0.1, 0.15) is 0 Å². The fraction of sp³-hybridized carbons (Fsp3) is 0.600. The second-order valence-corrected chi connectivity index (χ2v) is 5.64. The molecule has 0 amide bonds. The average molecular weight is 215 g/mol. The number of rotatable bonds is 2. The average Bonchev–Trinajstić information content (AvgIpc) is 2.98. The van der Waals surface area contributed by atoms with Crippen LogP contribution in [0.25, 0.3) is 0 Å². The monoisotopic (exact) mass is 215 g/mol. The fourth-order valence-corrected chi connectivity index (χ4v) is 3.38. The van der Waals surface area contributed by atoms with Gasteiger partial charge in [0.05, 0.1) is 0 Å². The molecule has 0 bridgehead atoms. The van der Waals surface area contributed by atoms with Gasteiger partial charge >= 0.3 is 0 Å². The minimum absolute atomic E-state index is 0.672. The number of nitrogens with two attached hydrogens (primary N) is 1. The molecule has 2 N–H and O–H groups in total. The van der Waals surface area contributed by atoms with Gasteiger partial charge in [-0.25, -0.2) is 0 Å². The van der Waals surface area contributed by atoms with E-state index in [1.807, 2.05) is 0 Å². The molecule has 1 aromatic rings. The topological polar surface area (TPSA) is 26.0 Å². The lowest BCUT2D eigenvalue weighted by atomic mass is 9.87. The summed E-state index contributed by atoms with van der Waals surface area (Å²) in [5.41, 5.74) is 13.4. The Morgan fingerprint density at radius 3 is 2.75 bits per heavy atom. The molecule has 0 aliphatic heterocycles.